The molecule has 1 aromatic carbocycles. The average Bonchev–Trinajstić information content (AvgIpc) is 2.61. The van der Waals surface area contributed by atoms with Crippen LogP contribution in [0, 0.1) is 5.41 Å². The smallest absolute Gasteiger partial charge is 0.404 e. The Bertz CT molecular complexity index is 647. The number of rotatable bonds is 7. The van der Waals surface area contributed by atoms with Gasteiger partial charge < -0.3 is 25.6 Å². The molecule has 1 saturated heterocycles. The van der Waals surface area contributed by atoms with Crippen molar-refractivity contribution < 1.29 is 14.3 Å². The van der Waals surface area contributed by atoms with Gasteiger partial charge in [-0.05, 0) is 30.2 Å². The fraction of sp³-hybridized carbons (Fsp3) is 0.619. The van der Waals surface area contributed by atoms with Gasteiger partial charge in [-0.3, -0.25) is 4.79 Å². The molecular weight excluding hydrogens is 356 g/mol. The van der Waals surface area contributed by atoms with E-state index >= 15 is 0 Å². The molecule has 1 heterocycles. The van der Waals surface area contributed by atoms with E-state index in [1.54, 1.807) is 0 Å². The molecule has 1 unspecified atom stereocenters. The van der Waals surface area contributed by atoms with Crippen LogP contribution in [0.1, 0.15) is 32.8 Å². The van der Waals surface area contributed by atoms with Crippen LogP contribution in [-0.4, -0.2) is 67.7 Å². The third kappa shape index (κ3) is 7.48. The highest BCUT2D eigenvalue weighted by molar-refractivity contribution is 5.90. The Labute approximate surface area is 168 Å². The lowest BCUT2D eigenvalue weighted by molar-refractivity contribution is -0.116. The zero-order valence-electron chi connectivity index (χ0n) is 17.5. The molecule has 1 fully saturated rings. The predicted molar refractivity (Wildman–Crippen MR) is 111 cm³/mol. The summed E-state index contributed by atoms with van der Waals surface area (Å²) in [6.45, 7) is 11.0. The number of nitrogens with zero attached hydrogens (tertiary/aromatic N) is 2. The van der Waals surface area contributed by atoms with E-state index in [0.29, 0.717) is 12.8 Å². The largest absolute Gasteiger partial charge is 0.445 e. The molecule has 1 atom stereocenters. The number of piperazine rings is 1. The number of nitrogens with two attached hydrogens (primary N) is 1. The van der Waals surface area contributed by atoms with E-state index in [9.17, 15) is 9.59 Å². The highest BCUT2D eigenvalue weighted by Gasteiger charge is 2.28. The minimum absolute atomic E-state index is 0.0244. The summed E-state index contributed by atoms with van der Waals surface area (Å²) in [6.07, 6.45) is -0.00754. The summed E-state index contributed by atoms with van der Waals surface area (Å²) in [4.78, 5) is 28.0. The van der Waals surface area contributed by atoms with Crippen LogP contribution in [0.5, 0.6) is 0 Å². The van der Waals surface area contributed by atoms with Crippen molar-refractivity contribution in [2.75, 3.05) is 45.1 Å². The predicted octanol–water partition coefficient (Wildman–Crippen LogP) is 2.32. The Morgan fingerprint density at radius 2 is 1.75 bits per heavy atom. The van der Waals surface area contributed by atoms with Crippen molar-refractivity contribution in [1.82, 2.24) is 9.80 Å². The minimum Gasteiger partial charge on any atom is -0.445 e. The molecule has 1 aliphatic rings. The van der Waals surface area contributed by atoms with Crippen LogP contribution < -0.4 is 11.1 Å². The molecule has 7 nitrogen and oxygen atoms in total. The molecular formula is C21H34N4O3. The quantitative estimate of drug-likeness (QED) is 0.746. The molecule has 28 heavy (non-hydrogen) atoms. The molecule has 3 N–H and O–H groups in total. The number of likely N-dealkylation sites (N-methyl/N-ethyl adjacent to an activating group) is 1. The number of hydrogen-bond donors (Lipinski definition) is 2. The standard InChI is InChI=1S/C21H34N4O3/c1-21(2,3)18(28-20(22)27)15-16-5-7-17(8-6-16)23-19(26)9-10-25-13-11-24(4)12-14-25/h5-8,18H,9-15H2,1-4H3,(H2,22,27)(H,23,26). The number of benzene rings is 1. The van der Waals surface area contributed by atoms with Crippen LogP contribution >= 0.6 is 0 Å². The fourth-order valence-corrected chi connectivity index (χ4v) is 3.16. The third-order valence-electron chi connectivity index (χ3n) is 5.13. The van der Waals surface area contributed by atoms with Crippen molar-refractivity contribution in [3.63, 3.8) is 0 Å². The summed E-state index contributed by atoms with van der Waals surface area (Å²) in [6, 6.07) is 7.65. The molecule has 0 saturated carbocycles. The molecule has 0 aromatic heterocycles. The molecule has 1 aliphatic heterocycles. The van der Waals surface area contributed by atoms with Crippen LogP contribution in [0.3, 0.4) is 0 Å². The number of hydrogen-bond acceptors (Lipinski definition) is 5. The first kappa shape index (κ1) is 22.2. The summed E-state index contributed by atoms with van der Waals surface area (Å²) in [5.41, 5.74) is 6.78. The normalized spacial score (nSPS) is 17.1. The lowest BCUT2D eigenvalue weighted by Gasteiger charge is -2.32. The van der Waals surface area contributed by atoms with Crippen molar-refractivity contribution in [2.24, 2.45) is 11.1 Å². The molecule has 1 aromatic rings. The van der Waals surface area contributed by atoms with E-state index in [1.165, 1.54) is 0 Å². The number of anilines is 1. The maximum atomic E-state index is 12.2. The van der Waals surface area contributed by atoms with Crippen molar-refractivity contribution >= 4 is 17.7 Å². The number of ether oxygens (including phenoxy) is 1. The maximum absolute atomic E-state index is 12.2. The highest BCUT2D eigenvalue weighted by atomic mass is 16.6. The van der Waals surface area contributed by atoms with Gasteiger partial charge in [0.05, 0.1) is 0 Å². The van der Waals surface area contributed by atoms with Gasteiger partial charge in [0.15, 0.2) is 0 Å². The van der Waals surface area contributed by atoms with Crippen molar-refractivity contribution in [2.45, 2.75) is 39.7 Å². The Morgan fingerprint density at radius 1 is 1.14 bits per heavy atom. The molecule has 156 valence electrons. The average molecular weight is 391 g/mol. The van der Waals surface area contributed by atoms with Gasteiger partial charge >= 0.3 is 6.09 Å². The van der Waals surface area contributed by atoms with Crippen molar-refractivity contribution in [3.05, 3.63) is 29.8 Å². The van der Waals surface area contributed by atoms with Crippen molar-refractivity contribution in [1.29, 1.82) is 0 Å². The Balaban J connectivity index is 1.82. The van der Waals surface area contributed by atoms with Gasteiger partial charge in [0, 0.05) is 51.3 Å². The second-order valence-electron chi connectivity index (χ2n) is 8.64. The number of carbonyl (C=O) groups is 2. The lowest BCUT2D eigenvalue weighted by atomic mass is 9.85. The Kier molecular flexibility index (Phi) is 7.83. The number of carbonyl (C=O) groups excluding carboxylic acids is 2. The zero-order valence-corrected chi connectivity index (χ0v) is 17.5. The van der Waals surface area contributed by atoms with Crippen LogP contribution in [0.2, 0.25) is 0 Å². The summed E-state index contributed by atoms with van der Waals surface area (Å²) in [5.74, 6) is 0.0244. The first-order valence-electron chi connectivity index (χ1n) is 9.89. The molecule has 0 radical (unpaired) electrons. The summed E-state index contributed by atoms with van der Waals surface area (Å²) >= 11 is 0. The first-order chi connectivity index (χ1) is 13.1. The van der Waals surface area contributed by atoms with E-state index in [1.807, 2.05) is 45.0 Å². The minimum atomic E-state index is -0.760. The fourth-order valence-electron chi connectivity index (χ4n) is 3.16. The lowest BCUT2D eigenvalue weighted by Crippen LogP contribution is -2.45. The number of amides is 2. The van der Waals surface area contributed by atoms with Crippen LogP contribution in [-0.2, 0) is 16.0 Å². The molecule has 0 bridgehead atoms. The van der Waals surface area contributed by atoms with Gasteiger partial charge in [-0.1, -0.05) is 32.9 Å². The third-order valence-corrected chi connectivity index (χ3v) is 5.13. The second-order valence-corrected chi connectivity index (χ2v) is 8.64. The maximum Gasteiger partial charge on any atom is 0.404 e. The van der Waals surface area contributed by atoms with Crippen LogP contribution in [0.15, 0.2) is 24.3 Å². The van der Waals surface area contributed by atoms with Gasteiger partial charge in [-0.25, -0.2) is 4.79 Å². The number of primary amides is 1. The summed E-state index contributed by atoms with van der Waals surface area (Å²) < 4.78 is 5.27. The van der Waals surface area contributed by atoms with E-state index in [4.69, 9.17) is 10.5 Å². The zero-order chi connectivity index (χ0) is 20.7. The van der Waals surface area contributed by atoms with E-state index < -0.39 is 6.09 Å². The molecule has 2 amide bonds. The SMILES string of the molecule is CN1CCN(CCC(=O)Nc2ccc(CC(OC(N)=O)C(C)(C)C)cc2)CC1. The monoisotopic (exact) mass is 390 g/mol. The van der Waals surface area contributed by atoms with E-state index in [-0.39, 0.29) is 17.4 Å². The molecule has 7 heteroatoms. The van der Waals surface area contributed by atoms with Crippen molar-refractivity contribution in [3.8, 4) is 0 Å². The topological polar surface area (TPSA) is 87.9 Å². The van der Waals surface area contributed by atoms with E-state index in [2.05, 4.69) is 22.2 Å². The molecule has 2 rings (SSSR count). The Hall–Kier alpha value is -2.12. The summed E-state index contributed by atoms with van der Waals surface area (Å²) in [5, 5.41) is 2.95. The van der Waals surface area contributed by atoms with Gasteiger partial charge in [-0.15, -0.1) is 0 Å². The highest BCUT2D eigenvalue weighted by Crippen LogP contribution is 2.26. The summed E-state index contributed by atoms with van der Waals surface area (Å²) in [7, 11) is 2.12. The van der Waals surface area contributed by atoms with Crippen LogP contribution in [0.25, 0.3) is 0 Å². The number of nitrogens with one attached hydrogen (secondary N) is 1. The van der Waals surface area contributed by atoms with Gasteiger partial charge in [0.25, 0.3) is 0 Å². The molecule has 0 spiro atoms. The Morgan fingerprint density at radius 3 is 2.29 bits per heavy atom. The van der Waals surface area contributed by atoms with Gasteiger partial charge in [-0.2, -0.15) is 0 Å². The van der Waals surface area contributed by atoms with E-state index in [0.717, 1.165) is 44.0 Å². The second kappa shape index (κ2) is 9.89. The van der Waals surface area contributed by atoms with Crippen LogP contribution in [0.4, 0.5) is 10.5 Å². The first-order valence-corrected chi connectivity index (χ1v) is 9.89. The van der Waals surface area contributed by atoms with Gasteiger partial charge in [0.2, 0.25) is 5.91 Å². The van der Waals surface area contributed by atoms with Gasteiger partial charge in [0.1, 0.15) is 6.10 Å². The molecule has 0 aliphatic carbocycles.